The first kappa shape index (κ1) is 9.96. The summed E-state index contributed by atoms with van der Waals surface area (Å²) < 4.78 is 8.87. The SMILES string of the molecule is CCn1c(=O)c2ccccc2n1-c1ccco1. The van der Waals surface area contributed by atoms with Crippen LogP contribution in [0.25, 0.3) is 16.8 Å². The van der Waals surface area contributed by atoms with Gasteiger partial charge in [-0.05, 0) is 25.1 Å². The molecule has 0 bridgehead atoms. The minimum absolute atomic E-state index is 0.0134. The summed E-state index contributed by atoms with van der Waals surface area (Å²) >= 11 is 0. The van der Waals surface area contributed by atoms with Crippen molar-refractivity contribution in [2.45, 2.75) is 13.5 Å². The Hall–Kier alpha value is -2.23. The third kappa shape index (κ3) is 1.34. The Balaban J connectivity index is 2.47. The van der Waals surface area contributed by atoms with Gasteiger partial charge < -0.3 is 4.42 Å². The fourth-order valence-electron chi connectivity index (χ4n) is 2.11. The zero-order valence-electron chi connectivity index (χ0n) is 9.46. The van der Waals surface area contributed by atoms with Gasteiger partial charge in [0.15, 0.2) is 0 Å². The molecule has 0 aliphatic heterocycles. The molecule has 2 aromatic heterocycles. The van der Waals surface area contributed by atoms with Gasteiger partial charge in [0.05, 0.1) is 17.2 Å². The van der Waals surface area contributed by atoms with Crippen molar-refractivity contribution < 1.29 is 4.42 Å². The molecule has 0 spiro atoms. The number of furan rings is 1. The van der Waals surface area contributed by atoms with Gasteiger partial charge >= 0.3 is 0 Å². The Morgan fingerprint density at radius 3 is 2.71 bits per heavy atom. The third-order valence-corrected chi connectivity index (χ3v) is 2.85. The van der Waals surface area contributed by atoms with E-state index in [-0.39, 0.29) is 5.56 Å². The lowest BCUT2D eigenvalue weighted by atomic mass is 10.2. The zero-order valence-corrected chi connectivity index (χ0v) is 9.46. The molecule has 3 aromatic rings. The van der Waals surface area contributed by atoms with E-state index in [1.165, 1.54) is 0 Å². The van der Waals surface area contributed by atoms with Gasteiger partial charge in [-0.2, -0.15) is 0 Å². The molecule has 0 atom stereocenters. The van der Waals surface area contributed by atoms with Crippen molar-refractivity contribution in [3.63, 3.8) is 0 Å². The van der Waals surface area contributed by atoms with E-state index < -0.39 is 0 Å². The van der Waals surface area contributed by atoms with E-state index in [0.29, 0.717) is 17.8 Å². The van der Waals surface area contributed by atoms with Gasteiger partial charge in [-0.25, -0.2) is 9.36 Å². The van der Waals surface area contributed by atoms with Crippen LogP contribution in [0.4, 0.5) is 0 Å². The monoisotopic (exact) mass is 228 g/mol. The Bertz CT molecular complexity index is 705. The first-order valence-electron chi connectivity index (χ1n) is 5.57. The number of aromatic nitrogens is 2. The highest BCUT2D eigenvalue weighted by Gasteiger charge is 2.13. The molecule has 0 N–H and O–H groups in total. The van der Waals surface area contributed by atoms with Crippen LogP contribution in [0, 0.1) is 0 Å². The molecule has 86 valence electrons. The summed E-state index contributed by atoms with van der Waals surface area (Å²) in [5.41, 5.74) is 0.883. The normalized spacial score (nSPS) is 11.1. The molecule has 1 aromatic carbocycles. The maximum atomic E-state index is 12.2. The Kier molecular flexibility index (Phi) is 2.14. The predicted molar refractivity (Wildman–Crippen MR) is 65.5 cm³/mol. The first-order valence-corrected chi connectivity index (χ1v) is 5.57. The van der Waals surface area contributed by atoms with Crippen molar-refractivity contribution >= 4 is 10.9 Å². The van der Waals surface area contributed by atoms with Gasteiger partial charge in [-0.15, -0.1) is 0 Å². The Morgan fingerprint density at radius 2 is 2.00 bits per heavy atom. The number of benzene rings is 1. The van der Waals surface area contributed by atoms with E-state index in [1.807, 2.05) is 48.0 Å². The standard InChI is InChI=1S/C13H12N2O2/c1-2-14-13(16)10-6-3-4-7-11(10)15(14)12-8-5-9-17-12/h3-9H,2H2,1H3. The smallest absolute Gasteiger partial charge is 0.274 e. The molecule has 0 aliphatic rings. The van der Waals surface area contributed by atoms with Gasteiger partial charge in [0.1, 0.15) is 0 Å². The van der Waals surface area contributed by atoms with Gasteiger partial charge in [-0.1, -0.05) is 12.1 Å². The van der Waals surface area contributed by atoms with Crippen molar-refractivity contribution in [3.05, 3.63) is 53.0 Å². The van der Waals surface area contributed by atoms with Crippen molar-refractivity contribution in [1.82, 2.24) is 9.36 Å². The van der Waals surface area contributed by atoms with Crippen LogP contribution in [0.2, 0.25) is 0 Å². The highest BCUT2D eigenvalue weighted by Crippen LogP contribution is 2.17. The van der Waals surface area contributed by atoms with E-state index in [1.54, 1.807) is 10.9 Å². The van der Waals surface area contributed by atoms with Crippen LogP contribution in [0.15, 0.2) is 51.9 Å². The first-order chi connectivity index (χ1) is 8.33. The van der Waals surface area contributed by atoms with E-state index in [4.69, 9.17) is 4.42 Å². The summed E-state index contributed by atoms with van der Waals surface area (Å²) in [5.74, 6) is 0.658. The van der Waals surface area contributed by atoms with Gasteiger partial charge in [-0.3, -0.25) is 4.79 Å². The Morgan fingerprint density at radius 1 is 1.18 bits per heavy atom. The van der Waals surface area contributed by atoms with Crippen molar-refractivity contribution in [1.29, 1.82) is 0 Å². The molecule has 0 amide bonds. The largest absolute Gasteiger partial charge is 0.447 e. The van der Waals surface area contributed by atoms with Crippen LogP contribution in [0.5, 0.6) is 0 Å². The fraction of sp³-hybridized carbons (Fsp3) is 0.154. The molecular formula is C13H12N2O2. The lowest BCUT2D eigenvalue weighted by Gasteiger charge is -2.07. The summed E-state index contributed by atoms with van der Waals surface area (Å²) in [7, 11) is 0. The summed E-state index contributed by atoms with van der Waals surface area (Å²) in [5, 5.41) is 0.714. The van der Waals surface area contributed by atoms with Crippen LogP contribution < -0.4 is 5.56 Å². The molecule has 2 heterocycles. The summed E-state index contributed by atoms with van der Waals surface area (Å²) in [6.07, 6.45) is 1.61. The highest BCUT2D eigenvalue weighted by molar-refractivity contribution is 5.79. The summed E-state index contributed by atoms with van der Waals surface area (Å²) in [6.45, 7) is 2.55. The van der Waals surface area contributed by atoms with Gasteiger partial charge in [0.25, 0.3) is 5.56 Å². The summed E-state index contributed by atoms with van der Waals surface area (Å²) in [4.78, 5) is 12.2. The quantitative estimate of drug-likeness (QED) is 0.675. The lowest BCUT2D eigenvalue weighted by Crippen LogP contribution is -2.20. The minimum atomic E-state index is 0.0134. The highest BCUT2D eigenvalue weighted by atomic mass is 16.3. The molecule has 17 heavy (non-hydrogen) atoms. The Labute approximate surface area is 97.7 Å². The van der Waals surface area contributed by atoms with Crippen LogP contribution in [-0.2, 0) is 6.54 Å². The molecule has 0 saturated heterocycles. The van der Waals surface area contributed by atoms with Crippen LogP contribution in [0.3, 0.4) is 0 Å². The molecule has 0 unspecified atom stereocenters. The van der Waals surface area contributed by atoms with E-state index in [0.717, 1.165) is 5.52 Å². The van der Waals surface area contributed by atoms with E-state index in [9.17, 15) is 4.79 Å². The number of hydrogen-bond donors (Lipinski definition) is 0. The average Bonchev–Trinajstić information content (AvgIpc) is 2.96. The molecule has 0 aliphatic carbocycles. The van der Waals surface area contributed by atoms with E-state index in [2.05, 4.69) is 0 Å². The molecule has 0 saturated carbocycles. The molecule has 0 fully saturated rings. The second kappa shape index (κ2) is 3.66. The fourth-order valence-corrected chi connectivity index (χ4v) is 2.11. The molecule has 4 heteroatoms. The van der Waals surface area contributed by atoms with Gasteiger partial charge in [0.2, 0.25) is 5.88 Å². The number of para-hydroxylation sites is 1. The number of rotatable bonds is 2. The molecular weight excluding hydrogens is 216 g/mol. The van der Waals surface area contributed by atoms with Crippen LogP contribution in [0.1, 0.15) is 6.92 Å². The van der Waals surface area contributed by atoms with Crippen molar-refractivity contribution in [2.24, 2.45) is 0 Å². The minimum Gasteiger partial charge on any atom is -0.447 e. The van der Waals surface area contributed by atoms with Crippen LogP contribution in [-0.4, -0.2) is 9.36 Å². The topological polar surface area (TPSA) is 40.1 Å². The lowest BCUT2D eigenvalue weighted by molar-refractivity contribution is 0.473. The second-order valence-electron chi connectivity index (χ2n) is 3.80. The van der Waals surface area contributed by atoms with Gasteiger partial charge in [0, 0.05) is 12.6 Å². The predicted octanol–water partition coefficient (Wildman–Crippen LogP) is 2.41. The average molecular weight is 228 g/mol. The molecule has 3 rings (SSSR count). The maximum Gasteiger partial charge on any atom is 0.274 e. The summed E-state index contributed by atoms with van der Waals surface area (Å²) in [6, 6.07) is 11.2. The van der Waals surface area contributed by atoms with E-state index >= 15 is 0 Å². The van der Waals surface area contributed by atoms with Crippen molar-refractivity contribution in [2.75, 3.05) is 0 Å². The zero-order chi connectivity index (χ0) is 11.8. The molecule has 0 radical (unpaired) electrons. The number of nitrogens with zero attached hydrogens (tertiary/aromatic N) is 2. The molecule has 4 nitrogen and oxygen atoms in total. The third-order valence-electron chi connectivity index (χ3n) is 2.85. The second-order valence-corrected chi connectivity index (χ2v) is 3.80. The maximum absolute atomic E-state index is 12.2. The number of hydrogen-bond acceptors (Lipinski definition) is 2. The number of fused-ring (bicyclic) bond motifs is 1. The van der Waals surface area contributed by atoms with Crippen molar-refractivity contribution in [3.8, 4) is 5.88 Å². The van der Waals surface area contributed by atoms with Crippen LogP contribution >= 0.6 is 0 Å².